The second-order valence-corrected chi connectivity index (χ2v) is 12.1. The molecule has 0 heterocycles. The normalized spacial score (nSPS) is 11.8. The summed E-state index contributed by atoms with van der Waals surface area (Å²) >= 11 is 0. The first-order valence-electron chi connectivity index (χ1n) is 14.8. The fourth-order valence-electron chi connectivity index (χ4n) is 4.82. The quantitative estimate of drug-likeness (QED) is 0.193. The van der Waals surface area contributed by atoms with Crippen LogP contribution in [0.4, 0.5) is 5.69 Å². The number of carbonyl (C=O) groups is 2. The van der Waals surface area contributed by atoms with Gasteiger partial charge in [-0.25, -0.2) is 8.42 Å². The monoisotopic (exact) mass is 613 g/mol. The molecule has 1 atom stereocenters. The molecule has 230 valence electrons. The maximum atomic E-state index is 14.4. The summed E-state index contributed by atoms with van der Waals surface area (Å²) in [7, 11) is -4.18. The van der Waals surface area contributed by atoms with E-state index < -0.39 is 28.5 Å². The third kappa shape index (κ3) is 8.48. The van der Waals surface area contributed by atoms with Crippen LogP contribution in [0, 0.1) is 0 Å². The summed E-state index contributed by atoms with van der Waals surface area (Å²) < 4.78 is 34.8. The van der Waals surface area contributed by atoms with E-state index in [0.29, 0.717) is 24.6 Å². The van der Waals surface area contributed by atoms with Crippen LogP contribution in [0.3, 0.4) is 0 Å². The zero-order chi connectivity index (χ0) is 31.4. The molecule has 0 saturated carbocycles. The van der Waals surface area contributed by atoms with E-state index in [1.165, 1.54) is 17.0 Å². The van der Waals surface area contributed by atoms with Crippen LogP contribution in [0.15, 0.2) is 120 Å². The topological polar surface area (TPSA) is 96.0 Å². The van der Waals surface area contributed by atoms with Crippen molar-refractivity contribution in [3.63, 3.8) is 0 Å². The van der Waals surface area contributed by atoms with Gasteiger partial charge in [0.05, 0.1) is 17.2 Å². The Bertz CT molecular complexity index is 1580. The number of anilines is 1. The molecule has 0 unspecified atom stereocenters. The SMILES string of the molecule is CCCNC(=O)[C@H](Cc1ccccc1)N(Cc1ccccc1)C(=O)CN(c1ccccc1)S(=O)(=O)c1ccc(OCC)cc1. The van der Waals surface area contributed by atoms with Gasteiger partial charge >= 0.3 is 0 Å². The lowest BCUT2D eigenvalue weighted by molar-refractivity contribution is -0.140. The van der Waals surface area contributed by atoms with Crippen LogP contribution in [0.2, 0.25) is 0 Å². The molecule has 8 nitrogen and oxygen atoms in total. The number of nitrogens with one attached hydrogen (secondary N) is 1. The fourth-order valence-corrected chi connectivity index (χ4v) is 6.24. The second kappa shape index (κ2) is 15.7. The number of ether oxygens (including phenoxy) is 1. The molecule has 0 saturated heterocycles. The Labute approximate surface area is 260 Å². The van der Waals surface area contributed by atoms with Gasteiger partial charge in [0.1, 0.15) is 18.3 Å². The fraction of sp³-hybridized carbons (Fsp3) is 0.257. The molecule has 4 aromatic carbocycles. The van der Waals surface area contributed by atoms with Crippen LogP contribution in [-0.2, 0) is 32.6 Å². The van der Waals surface area contributed by atoms with E-state index in [2.05, 4.69) is 5.32 Å². The van der Waals surface area contributed by atoms with Crippen molar-refractivity contribution in [3.8, 4) is 5.75 Å². The lowest BCUT2D eigenvalue weighted by Crippen LogP contribution is -2.53. The predicted octanol–water partition coefficient (Wildman–Crippen LogP) is 5.45. The van der Waals surface area contributed by atoms with Crippen LogP contribution in [0.1, 0.15) is 31.4 Å². The largest absolute Gasteiger partial charge is 0.494 e. The number of rotatable bonds is 15. The molecule has 44 heavy (non-hydrogen) atoms. The smallest absolute Gasteiger partial charge is 0.264 e. The summed E-state index contributed by atoms with van der Waals surface area (Å²) in [6.07, 6.45) is 1.00. The molecule has 0 aliphatic heterocycles. The van der Waals surface area contributed by atoms with E-state index in [1.807, 2.05) is 74.5 Å². The Morgan fingerprint density at radius 3 is 1.91 bits per heavy atom. The van der Waals surface area contributed by atoms with Crippen LogP contribution in [0.5, 0.6) is 5.75 Å². The van der Waals surface area contributed by atoms with E-state index in [1.54, 1.807) is 42.5 Å². The summed E-state index contributed by atoms with van der Waals surface area (Å²) in [6.45, 7) is 4.34. The van der Waals surface area contributed by atoms with Gasteiger partial charge in [-0.1, -0.05) is 85.8 Å². The standard InChI is InChI=1S/C35H39N3O5S/c1-3-24-36-35(40)33(25-28-14-8-5-9-15-28)37(26-29-16-10-6-11-17-29)34(39)27-38(30-18-12-7-13-19-30)44(41,42)32-22-20-31(21-23-32)43-4-2/h5-23,33H,3-4,24-27H2,1-2H3,(H,36,40)/t33-/m0/s1. The highest BCUT2D eigenvalue weighted by Crippen LogP contribution is 2.26. The molecule has 4 aromatic rings. The molecule has 0 aromatic heterocycles. The maximum absolute atomic E-state index is 14.4. The molecule has 9 heteroatoms. The summed E-state index contributed by atoms with van der Waals surface area (Å²) in [5, 5.41) is 2.95. The van der Waals surface area contributed by atoms with Crippen molar-refractivity contribution in [1.29, 1.82) is 0 Å². The number of para-hydroxylation sites is 1. The number of carbonyl (C=O) groups excluding carboxylic acids is 2. The van der Waals surface area contributed by atoms with Gasteiger partial charge in [0, 0.05) is 19.5 Å². The van der Waals surface area contributed by atoms with E-state index >= 15 is 0 Å². The van der Waals surface area contributed by atoms with E-state index in [-0.39, 0.29) is 23.8 Å². The van der Waals surface area contributed by atoms with Gasteiger partial charge in [0.15, 0.2) is 0 Å². The van der Waals surface area contributed by atoms with Gasteiger partial charge in [-0.2, -0.15) is 0 Å². The number of hydrogen-bond donors (Lipinski definition) is 1. The lowest BCUT2D eigenvalue weighted by atomic mass is 10.0. The predicted molar refractivity (Wildman–Crippen MR) is 173 cm³/mol. The van der Waals surface area contributed by atoms with Crippen LogP contribution < -0.4 is 14.4 Å². The first-order valence-corrected chi connectivity index (χ1v) is 16.2. The summed E-state index contributed by atoms with van der Waals surface area (Å²) in [5.74, 6) is -0.245. The molecule has 0 fully saturated rings. The Morgan fingerprint density at radius 1 is 0.773 bits per heavy atom. The Hall–Kier alpha value is -4.63. The van der Waals surface area contributed by atoms with Crippen LogP contribution in [0.25, 0.3) is 0 Å². The third-order valence-electron chi connectivity index (χ3n) is 7.06. The van der Waals surface area contributed by atoms with Gasteiger partial charge in [0.25, 0.3) is 10.0 Å². The Balaban J connectivity index is 1.75. The minimum atomic E-state index is -4.18. The third-order valence-corrected chi connectivity index (χ3v) is 8.85. The molecule has 0 aliphatic carbocycles. The van der Waals surface area contributed by atoms with Gasteiger partial charge in [-0.3, -0.25) is 13.9 Å². The van der Waals surface area contributed by atoms with Crippen molar-refractivity contribution in [1.82, 2.24) is 10.2 Å². The number of hydrogen-bond acceptors (Lipinski definition) is 5. The highest BCUT2D eigenvalue weighted by Gasteiger charge is 2.34. The van der Waals surface area contributed by atoms with Crippen molar-refractivity contribution in [2.75, 3.05) is 24.0 Å². The molecule has 1 N–H and O–H groups in total. The lowest BCUT2D eigenvalue weighted by Gasteiger charge is -2.34. The number of nitrogens with zero attached hydrogens (tertiary/aromatic N) is 2. The Kier molecular flexibility index (Phi) is 11.5. The zero-order valence-electron chi connectivity index (χ0n) is 25.1. The van der Waals surface area contributed by atoms with Gasteiger partial charge in [-0.15, -0.1) is 0 Å². The molecule has 0 radical (unpaired) electrons. The molecular weight excluding hydrogens is 574 g/mol. The van der Waals surface area contributed by atoms with Gasteiger partial charge < -0.3 is 15.0 Å². The van der Waals surface area contributed by atoms with E-state index in [9.17, 15) is 18.0 Å². The van der Waals surface area contributed by atoms with Gasteiger partial charge in [-0.05, 0) is 60.9 Å². The first-order chi connectivity index (χ1) is 21.3. The summed E-state index contributed by atoms with van der Waals surface area (Å²) in [4.78, 5) is 29.6. The Morgan fingerprint density at radius 2 is 1.34 bits per heavy atom. The molecule has 0 aliphatic rings. The first kappa shape index (κ1) is 32.3. The van der Waals surface area contributed by atoms with Crippen LogP contribution in [-0.4, -0.2) is 50.9 Å². The molecule has 0 bridgehead atoms. The number of sulfonamides is 1. The second-order valence-electron chi connectivity index (χ2n) is 10.3. The van der Waals surface area contributed by atoms with E-state index in [0.717, 1.165) is 21.9 Å². The number of amides is 2. The number of benzene rings is 4. The van der Waals surface area contributed by atoms with Crippen molar-refractivity contribution in [2.24, 2.45) is 0 Å². The molecule has 4 rings (SSSR count). The highest BCUT2D eigenvalue weighted by atomic mass is 32.2. The van der Waals surface area contributed by atoms with Crippen molar-refractivity contribution in [3.05, 3.63) is 126 Å². The van der Waals surface area contributed by atoms with Crippen molar-refractivity contribution >= 4 is 27.5 Å². The van der Waals surface area contributed by atoms with Crippen molar-refractivity contribution < 1.29 is 22.7 Å². The van der Waals surface area contributed by atoms with E-state index in [4.69, 9.17) is 4.74 Å². The molecule has 0 spiro atoms. The maximum Gasteiger partial charge on any atom is 0.264 e. The molecule has 2 amide bonds. The zero-order valence-corrected chi connectivity index (χ0v) is 26.0. The minimum Gasteiger partial charge on any atom is -0.494 e. The summed E-state index contributed by atoms with van der Waals surface area (Å²) in [5.41, 5.74) is 2.05. The average Bonchev–Trinajstić information content (AvgIpc) is 3.05. The van der Waals surface area contributed by atoms with Crippen molar-refractivity contribution in [2.45, 2.75) is 44.2 Å². The van der Waals surface area contributed by atoms with Crippen LogP contribution >= 0.6 is 0 Å². The van der Waals surface area contributed by atoms with Gasteiger partial charge in [0.2, 0.25) is 11.8 Å². The highest BCUT2D eigenvalue weighted by molar-refractivity contribution is 7.92. The average molecular weight is 614 g/mol. The summed E-state index contributed by atoms with van der Waals surface area (Å²) in [6, 6.07) is 32.7. The molecular formula is C35H39N3O5S. The minimum absolute atomic E-state index is 0.0220.